The number of halogens is 3. The minimum absolute atomic E-state index is 0.0709. The molecule has 2 aromatic rings. The number of hydrogen-bond acceptors (Lipinski definition) is 2. The van der Waals surface area contributed by atoms with Gasteiger partial charge in [0.1, 0.15) is 11.9 Å². The molecule has 1 aliphatic rings. The summed E-state index contributed by atoms with van der Waals surface area (Å²) in [5, 5.41) is 2.74. The SMILES string of the molecule is O=C(NC[C@@H]1Cc2cc(F)cc(F)c2O1)c1ccccc1Br. The first-order valence-corrected chi connectivity index (χ1v) is 7.51. The summed E-state index contributed by atoms with van der Waals surface area (Å²) in [7, 11) is 0. The Morgan fingerprint density at radius 1 is 1.32 bits per heavy atom. The van der Waals surface area contributed by atoms with Crippen LogP contribution in [0.2, 0.25) is 0 Å². The van der Waals surface area contributed by atoms with E-state index < -0.39 is 17.7 Å². The Morgan fingerprint density at radius 2 is 2.09 bits per heavy atom. The van der Waals surface area contributed by atoms with Gasteiger partial charge in [-0.3, -0.25) is 4.79 Å². The summed E-state index contributed by atoms with van der Waals surface area (Å²) in [6.07, 6.45) is -0.0435. The third-order valence-corrected chi connectivity index (χ3v) is 4.12. The van der Waals surface area contributed by atoms with Crippen LogP contribution in [0.25, 0.3) is 0 Å². The molecule has 1 N–H and O–H groups in total. The van der Waals surface area contributed by atoms with Crippen LogP contribution in [-0.2, 0) is 6.42 Å². The van der Waals surface area contributed by atoms with Crippen molar-refractivity contribution in [2.45, 2.75) is 12.5 Å². The first-order chi connectivity index (χ1) is 10.5. The number of benzene rings is 2. The van der Waals surface area contributed by atoms with E-state index in [9.17, 15) is 13.6 Å². The molecule has 1 aliphatic heterocycles. The van der Waals surface area contributed by atoms with Crippen LogP contribution in [0.15, 0.2) is 40.9 Å². The number of rotatable bonds is 3. The summed E-state index contributed by atoms with van der Waals surface area (Å²) in [4.78, 5) is 12.1. The lowest BCUT2D eigenvalue weighted by Crippen LogP contribution is -2.34. The molecule has 0 fully saturated rings. The van der Waals surface area contributed by atoms with Gasteiger partial charge in [0.25, 0.3) is 5.91 Å². The van der Waals surface area contributed by atoms with Crippen molar-refractivity contribution in [3.05, 3.63) is 63.6 Å². The maximum atomic E-state index is 13.6. The predicted octanol–water partition coefficient (Wildman–Crippen LogP) is 3.46. The highest BCUT2D eigenvalue weighted by atomic mass is 79.9. The van der Waals surface area contributed by atoms with Crippen LogP contribution in [0.1, 0.15) is 15.9 Å². The lowest BCUT2D eigenvalue weighted by molar-refractivity contribution is 0.0932. The average Bonchev–Trinajstić information content (AvgIpc) is 2.88. The third kappa shape index (κ3) is 2.97. The maximum absolute atomic E-state index is 13.6. The van der Waals surface area contributed by atoms with Crippen molar-refractivity contribution in [3.63, 3.8) is 0 Å². The summed E-state index contributed by atoms with van der Waals surface area (Å²) in [6, 6.07) is 9.09. The van der Waals surface area contributed by atoms with Gasteiger partial charge < -0.3 is 10.1 Å². The average molecular weight is 368 g/mol. The molecule has 0 radical (unpaired) electrons. The molecule has 0 saturated heterocycles. The van der Waals surface area contributed by atoms with Gasteiger partial charge in [-0.05, 0) is 34.1 Å². The van der Waals surface area contributed by atoms with E-state index >= 15 is 0 Å². The second kappa shape index (κ2) is 6.04. The van der Waals surface area contributed by atoms with Crippen molar-refractivity contribution in [2.75, 3.05) is 6.54 Å². The number of carbonyl (C=O) groups excluding carboxylic acids is 1. The minimum Gasteiger partial charge on any atom is -0.485 e. The van der Waals surface area contributed by atoms with Gasteiger partial charge in [-0.2, -0.15) is 0 Å². The summed E-state index contributed by atoms with van der Waals surface area (Å²) in [6.45, 7) is 0.218. The summed E-state index contributed by atoms with van der Waals surface area (Å²) in [5.41, 5.74) is 0.993. The van der Waals surface area contributed by atoms with Crippen molar-refractivity contribution in [2.24, 2.45) is 0 Å². The van der Waals surface area contributed by atoms with Gasteiger partial charge in [-0.1, -0.05) is 12.1 Å². The van der Waals surface area contributed by atoms with Gasteiger partial charge in [-0.25, -0.2) is 8.78 Å². The minimum atomic E-state index is -0.713. The molecule has 0 unspecified atom stereocenters. The van der Waals surface area contributed by atoms with E-state index in [2.05, 4.69) is 21.2 Å². The molecular weight excluding hydrogens is 356 g/mol. The van der Waals surface area contributed by atoms with Crippen molar-refractivity contribution in [3.8, 4) is 5.75 Å². The zero-order valence-electron chi connectivity index (χ0n) is 11.4. The number of ether oxygens (including phenoxy) is 1. The van der Waals surface area contributed by atoms with Gasteiger partial charge in [0.05, 0.1) is 12.1 Å². The Bertz CT molecular complexity index is 736. The molecule has 114 valence electrons. The topological polar surface area (TPSA) is 38.3 Å². The molecular formula is C16H12BrF2NO2. The number of hydrogen-bond donors (Lipinski definition) is 1. The van der Waals surface area contributed by atoms with Crippen LogP contribution in [0, 0.1) is 11.6 Å². The molecule has 22 heavy (non-hydrogen) atoms. The second-order valence-corrected chi connectivity index (χ2v) is 5.86. The first kappa shape index (κ1) is 15.0. The van der Waals surface area contributed by atoms with E-state index in [4.69, 9.17) is 4.74 Å². The van der Waals surface area contributed by atoms with Crippen molar-refractivity contribution >= 4 is 21.8 Å². The fraction of sp³-hybridized carbons (Fsp3) is 0.188. The fourth-order valence-corrected chi connectivity index (χ4v) is 2.88. The van der Waals surface area contributed by atoms with Crippen LogP contribution in [-0.4, -0.2) is 18.6 Å². The first-order valence-electron chi connectivity index (χ1n) is 6.72. The van der Waals surface area contributed by atoms with E-state index in [1.165, 1.54) is 6.07 Å². The summed E-state index contributed by atoms with van der Waals surface area (Å²) < 4.78 is 32.9. The molecule has 0 spiro atoms. The van der Waals surface area contributed by atoms with E-state index in [1.54, 1.807) is 18.2 Å². The highest BCUT2D eigenvalue weighted by Gasteiger charge is 2.27. The third-order valence-electron chi connectivity index (χ3n) is 3.43. The van der Waals surface area contributed by atoms with E-state index in [0.717, 1.165) is 6.07 Å². The van der Waals surface area contributed by atoms with Crippen LogP contribution in [0.5, 0.6) is 5.75 Å². The molecule has 0 bridgehead atoms. The van der Waals surface area contributed by atoms with Crippen molar-refractivity contribution < 1.29 is 18.3 Å². The lowest BCUT2D eigenvalue weighted by Gasteiger charge is -2.12. The quantitative estimate of drug-likeness (QED) is 0.901. The molecule has 0 aliphatic carbocycles. The molecule has 1 atom stereocenters. The molecule has 6 heteroatoms. The van der Waals surface area contributed by atoms with Gasteiger partial charge in [0, 0.05) is 22.5 Å². The molecule has 1 amide bonds. The second-order valence-electron chi connectivity index (χ2n) is 5.01. The number of amides is 1. The number of carbonyl (C=O) groups is 1. The zero-order chi connectivity index (χ0) is 15.7. The van der Waals surface area contributed by atoms with Crippen LogP contribution in [0.3, 0.4) is 0 Å². The Kier molecular flexibility index (Phi) is 4.11. The predicted molar refractivity (Wildman–Crippen MR) is 81.0 cm³/mol. The lowest BCUT2D eigenvalue weighted by atomic mass is 10.1. The Balaban J connectivity index is 1.64. The van der Waals surface area contributed by atoms with E-state index in [-0.39, 0.29) is 18.2 Å². The van der Waals surface area contributed by atoms with Gasteiger partial charge >= 0.3 is 0 Å². The van der Waals surface area contributed by atoms with Crippen LogP contribution in [0.4, 0.5) is 8.78 Å². The molecule has 0 saturated carbocycles. The summed E-state index contributed by atoms with van der Waals surface area (Å²) >= 11 is 3.31. The van der Waals surface area contributed by atoms with Crippen molar-refractivity contribution in [1.82, 2.24) is 5.32 Å². The van der Waals surface area contributed by atoms with Gasteiger partial charge in [0.2, 0.25) is 0 Å². The molecule has 3 rings (SSSR count). The highest BCUT2D eigenvalue weighted by Crippen LogP contribution is 2.32. The van der Waals surface area contributed by atoms with Crippen molar-refractivity contribution in [1.29, 1.82) is 0 Å². The number of fused-ring (bicyclic) bond motifs is 1. The maximum Gasteiger partial charge on any atom is 0.252 e. The zero-order valence-corrected chi connectivity index (χ0v) is 13.0. The molecule has 2 aromatic carbocycles. The Morgan fingerprint density at radius 3 is 2.86 bits per heavy atom. The van der Waals surface area contributed by atoms with Crippen LogP contribution >= 0.6 is 15.9 Å². The fourth-order valence-electron chi connectivity index (χ4n) is 2.41. The molecule has 0 aromatic heterocycles. The highest BCUT2D eigenvalue weighted by molar-refractivity contribution is 9.10. The molecule has 3 nitrogen and oxygen atoms in total. The Hall–Kier alpha value is -1.95. The number of nitrogens with one attached hydrogen (secondary N) is 1. The van der Waals surface area contributed by atoms with E-state index in [0.29, 0.717) is 22.0 Å². The normalized spacial score (nSPS) is 16.0. The Labute approximate surface area is 134 Å². The largest absolute Gasteiger partial charge is 0.485 e. The summed E-state index contributed by atoms with van der Waals surface area (Å²) in [5.74, 6) is -1.52. The smallest absolute Gasteiger partial charge is 0.252 e. The monoisotopic (exact) mass is 367 g/mol. The van der Waals surface area contributed by atoms with Gasteiger partial charge in [0.15, 0.2) is 11.6 Å². The van der Waals surface area contributed by atoms with Gasteiger partial charge in [-0.15, -0.1) is 0 Å². The van der Waals surface area contributed by atoms with Crippen LogP contribution < -0.4 is 10.1 Å². The molecule has 1 heterocycles. The van der Waals surface area contributed by atoms with E-state index in [1.807, 2.05) is 6.07 Å². The standard InChI is InChI=1S/C16H12BrF2NO2/c17-13-4-2-1-3-12(13)16(21)20-8-11-6-9-5-10(18)7-14(19)15(9)22-11/h1-5,7,11H,6,8H2,(H,20,21)/t11-/m0/s1.